The molecule has 2 aromatic rings. The van der Waals surface area contributed by atoms with E-state index in [0.717, 1.165) is 29.9 Å². The van der Waals surface area contributed by atoms with E-state index < -0.39 is 0 Å². The van der Waals surface area contributed by atoms with E-state index in [1.54, 1.807) is 26.8 Å². The Bertz CT molecular complexity index is 965. The Morgan fingerprint density at radius 3 is 2.68 bits per heavy atom. The van der Waals surface area contributed by atoms with Gasteiger partial charge in [0.1, 0.15) is 12.6 Å². The molecule has 3 heterocycles. The summed E-state index contributed by atoms with van der Waals surface area (Å²) in [5, 5.41) is 0.576. The molecular formula is C22H26ClN5O3. The minimum atomic E-state index is -0.177. The summed E-state index contributed by atoms with van der Waals surface area (Å²) < 4.78 is 5.96. The van der Waals surface area contributed by atoms with Gasteiger partial charge in [0.2, 0.25) is 5.91 Å². The summed E-state index contributed by atoms with van der Waals surface area (Å²) in [7, 11) is 0. The predicted molar refractivity (Wildman–Crippen MR) is 118 cm³/mol. The lowest BCUT2D eigenvalue weighted by Gasteiger charge is -2.33. The molecule has 1 aromatic heterocycles. The van der Waals surface area contributed by atoms with Gasteiger partial charge in [0, 0.05) is 41.7 Å². The number of carbonyl (C=O) groups is 2. The zero-order valence-electron chi connectivity index (χ0n) is 17.8. The summed E-state index contributed by atoms with van der Waals surface area (Å²) in [6.07, 6.45) is 1.52. The highest BCUT2D eigenvalue weighted by Gasteiger charge is 2.33. The van der Waals surface area contributed by atoms with Crippen molar-refractivity contribution < 1.29 is 14.3 Å². The third-order valence-electron chi connectivity index (χ3n) is 5.51. The number of piperidine rings is 1. The molecular weight excluding hydrogens is 418 g/mol. The highest BCUT2D eigenvalue weighted by atomic mass is 35.5. The summed E-state index contributed by atoms with van der Waals surface area (Å²) in [4.78, 5) is 39.4. The Morgan fingerprint density at radius 2 is 1.94 bits per heavy atom. The maximum absolute atomic E-state index is 12.9. The minimum Gasteiger partial charge on any atom is -0.458 e. The van der Waals surface area contributed by atoms with Crippen LogP contribution in [0, 0.1) is 13.8 Å². The minimum absolute atomic E-state index is 0.0582. The van der Waals surface area contributed by atoms with Gasteiger partial charge in [-0.05, 0) is 51.0 Å². The zero-order chi connectivity index (χ0) is 22.0. The molecule has 8 nitrogen and oxygen atoms in total. The Morgan fingerprint density at radius 1 is 1.16 bits per heavy atom. The van der Waals surface area contributed by atoms with Gasteiger partial charge in [-0.2, -0.15) is 0 Å². The summed E-state index contributed by atoms with van der Waals surface area (Å²) >= 11 is 6.05. The van der Waals surface area contributed by atoms with Crippen LogP contribution < -0.4 is 9.64 Å². The maximum Gasteiger partial charge on any atom is 0.325 e. The monoisotopic (exact) mass is 443 g/mol. The fourth-order valence-corrected chi connectivity index (χ4v) is 4.22. The molecule has 0 saturated carbocycles. The van der Waals surface area contributed by atoms with Crippen molar-refractivity contribution in [2.24, 2.45) is 0 Å². The molecule has 0 radical (unpaired) electrons. The van der Waals surface area contributed by atoms with Crippen LogP contribution in [0.2, 0.25) is 5.02 Å². The second-order valence-corrected chi connectivity index (χ2v) is 8.43. The number of hydrogen-bond acceptors (Lipinski definition) is 5. The van der Waals surface area contributed by atoms with Crippen LogP contribution in [0.3, 0.4) is 0 Å². The number of urea groups is 1. The standard InChI is InChI=1S/C22H26ClN5O3/c1-15-11-16(2)25-21(24-15)31-19-7-4-8-26(13-19)20(29)14-27-9-10-28(22(27)30)18-6-3-5-17(23)12-18/h3,5-6,11-12,19H,4,7-10,13-14H2,1-2H3/t19-/m1/s1. The second-order valence-electron chi connectivity index (χ2n) is 7.99. The Kier molecular flexibility index (Phi) is 6.27. The van der Waals surface area contributed by atoms with Crippen LogP contribution in [-0.4, -0.2) is 70.5 Å². The normalized spacial score (nSPS) is 19.1. The summed E-state index contributed by atoms with van der Waals surface area (Å²) in [6.45, 7) is 6.02. The molecule has 2 fully saturated rings. The Labute approximate surface area is 186 Å². The molecule has 31 heavy (non-hydrogen) atoms. The Hall–Kier alpha value is -2.87. The second kappa shape index (κ2) is 9.09. The molecule has 0 spiro atoms. The van der Waals surface area contributed by atoms with E-state index in [4.69, 9.17) is 16.3 Å². The van der Waals surface area contributed by atoms with Gasteiger partial charge in [0.05, 0.1) is 6.54 Å². The van der Waals surface area contributed by atoms with Crippen LogP contribution in [0.15, 0.2) is 30.3 Å². The SMILES string of the molecule is Cc1cc(C)nc(O[C@@H]2CCCN(C(=O)CN3CCN(c4cccc(Cl)c4)C3=O)C2)n1. The van der Waals surface area contributed by atoms with Crippen molar-refractivity contribution in [1.82, 2.24) is 19.8 Å². The summed E-state index contributed by atoms with van der Waals surface area (Å²) in [5.41, 5.74) is 2.44. The topological polar surface area (TPSA) is 78.9 Å². The zero-order valence-corrected chi connectivity index (χ0v) is 18.5. The lowest BCUT2D eigenvalue weighted by molar-refractivity contribution is -0.134. The molecule has 1 atom stereocenters. The van der Waals surface area contributed by atoms with Crippen LogP contribution in [-0.2, 0) is 4.79 Å². The van der Waals surface area contributed by atoms with Gasteiger partial charge in [-0.3, -0.25) is 9.69 Å². The van der Waals surface area contributed by atoms with Crippen molar-refractivity contribution in [3.05, 3.63) is 46.7 Å². The van der Waals surface area contributed by atoms with E-state index in [1.807, 2.05) is 32.0 Å². The third-order valence-corrected chi connectivity index (χ3v) is 5.74. The van der Waals surface area contributed by atoms with Gasteiger partial charge in [0.15, 0.2) is 0 Å². The van der Waals surface area contributed by atoms with Crippen molar-refractivity contribution in [2.75, 3.05) is 37.6 Å². The molecule has 3 amide bonds. The van der Waals surface area contributed by atoms with E-state index >= 15 is 0 Å². The molecule has 0 N–H and O–H groups in total. The first-order valence-corrected chi connectivity index (χ1v) is 10.9. The van der Waals surface area contributed by atoms with Crippen molar-refractivity contribution in [2.45, 2.75) is 32.8 Å². The summed E-state index contributed by atoms with van der Waals surface area (Å²) in [6, 6.07) is 9.25. The maximum atomic E-state index is 12.9. The van der Waals surface area contributed by atoms with Crippen molar-refractivity contribution in [1.29, 1.82) is 0 Å². The van der Waals surface area contributed by atoms with Crippen LogP contribution >= 0.6 is 11.6 Å². The number of ether oxygens (including phenoxy) is 1. The number of halogens is 1. The largest absolute Gasteiger partial charge is 0.458 e. The van der Waals surface area contributed by atoms with Crippen molar-refractivity contribution in [3.8, 4) is 6.01 Å². The fourth-order valence-electron chi connectivity index (χ4n) is 4.03. The number of amides is 3. The molecule has 2 saturated heterocycles. The van der Waals surface area contributed by atoms with Crippen LogP contribution in [0.1, 0.15) is 24.2 Å². The molecule has 2 aliphatic heterocycles. The van der Waals surface area contributed by atoms with E-state index in [9.17, 15) is 9.59 Å². The van der Waals surface area contributed by atoms with Crippen LogP contribution in [0.4, 0.5) is 10.5 Å². The van der Waals surface area contributed by atoms with Gasteiger partial charge in [-0.1, -0.05) is 17.7 Å². The molecule has 9 heteroatoms. The van der Waals surface area contributed by atoms with Gasteiger partial charge in [-0.15, -0.1) is 0 Å². The first kappa shape index (κ1) is 21.4. The number of aryl methyl sites for hydroxylation is 2. The quantitative estimate of drug-likeness (QED) is 0.709. The number of benzene rings is 1. The smallest absolute Gasteiger partial charge is 0.325 e. The highest BCUT2D eigenvalue weighted by molar-refractivity contribution is 6.30. The number of anilines is 1. The van der Waals surface area contributed by atoms with Crippen LogP contribution in [0.25, 0.3) is 0 Å². The third kappa shape index (κ3) is 5.07. The number of rotatable bonds is 5. The van der Waals surface area contributed by atoms with Gasteiger partial charge in [0.25, 0.3) is 0 Å². The average Bonchev–Trinajstić information content (AvgIpc) is 3.07. The number of hydrogen-bond donors (Lipinski definition) is 0. The lowest BCUT2D eigenvalue weighted by atomic mass is 10.1. The first-order chi connectivity index (χ1) is 14.9. The van der Waals surface area contributed by atoms with E-state index in [-0.39, 0.29) is 24.6 Å². The number of nitrogens with zero attached hydrogens (tertiary/aromatic N) is 5. The Balaban J connectivity index is 1.34. The van der Waals surface area contributed by atoms with E-state index in [2.05, 4.69) is 9.97 Å². The lowest BCUT2D eigenvalue weighted by Crippen LogP contribution is -2.48. The molecule has 2 aliphatic rings. The molecule has 4 rings (SSSR count). The van der Waals surface area contributed by atoms with E-state index in [0.29, 0.717) is 37.2 Å². The number of aromatic nitrogens is 2. The van der Waals surface area contributed by atoms with Crippen LogP contribution in [0.5, 0.6) is 6.01 Å². The van der Waals surface area contributed by atoms with Gasteiger partial charge >= 0.3 is 12.0 Å². The molecule has 0 aliphatic carbocycles. The predicted octanol–water partition coefficient (Wildman–Crippen LogP) is 3.06. The van der Waals surface area contributed by atoms with Gasteiger partial charge in [-0.25, -0.2) is 14.8 Å². The fraction of sp³-hybridized carbons (Fsp3) is 0.455. The highest BCUT2D eigenvalue weighted by Crippen LogP contribution is 2.24. The molecule has 0 unspecified atom stereocenters. The first-order valence-electron chi connectivity index (χ1n) is 10.5. The number of likely N-dealkylation sites (tertiary alicyclic amines) is 1. The molecule has 0 bridgehead atoms. The summed E-state index contributed by atoms with van der Waals surface area (Å²) in [5.74, 6) is -0.0732. The number of carbonyl (C=O) groups excluding carboxylic acids is 2. The van der Waals surface area contributed by atoms with Crippen molar-refractivity contribution in [3.63, 3.8) is 0 Å². The van der Waals surface area contributed by atoms with E-state index in [1.165, 1.54) is 0 Å². The van der Waals surface area contributed by atoms with Gasteiger partial charge < -0.3 is 14.5 Å². The van der Waals surface area contributed by atoms with Crippen molar-refractivity contribution >= 4 is 29.2 Å². The average molecular weight is 444 g/mol. The molecule has 164 valence electrons. The molecule has 1 aromatic carbocycles.